The quantitative estimate of drug-likeness (QED) is 0.545. The first-order valence-electron chi connectivity index (χ1n) is 11.0. The van der Waals surface area contributed by atoms with Gasteiger partial charge < -0.3 is 10.2 Å². The van der Waals surface area contributed by atoms with Gasteiger partial charge in [-0.2, -0.15) is 5.10 Å². The smallest absolute Gasteiger partial charge is 0.244 e. The van der Waals surface area contributed by atoms with Crippen LogP contribution in [0.15, 0.2) is 60.8 Å². The molecule has 7 heteroatoms. The van der Waals surface area contributed by atoms with Crippen molar-refractivity contribution in [1.29, 1.82) is 0 Å². The van der Waals surface area contributed by atoms with Gasteiger partial charge in [0, 0.05) is 41.4 Å². The Labute approximate surface area is 200 Å². The zero-order valence-corrected chi connectivity index (χ0v) is 20.6. The van der Waals surface area contributed by atoms with E-state index in [4.69, 9.17) is 16.7 Å². The molecule has 1 atom stereocenters. The average Bonchev–Trinajstić information content (AvgIpc) is 3.16. The Balaban J connectivity index is 1.83. The third-order valence-corrected chi connectivity index (χ3v) is 5.73. The Morgan fingerprint density at radius 3 is 2.33 bits per heavy atom. The predicted molar refractivity (Wildman–Crippen MR) is 132 cm³/mol. The Bertz CT molecular complexity index is 1120. The maximum absolute atomic E-state index is 13.0. The van der Waals surface area contributed by atoms with Crippen LogP contribution in [0, 0.1) is 5.41 Å². The molecule has 1 unspecified atom stereocenters. The van der Waals surface area contributed by atoms with Crippen molar-refractivity contribution in [3.63, 3.8) is 0 Å². The molecular formula is C26H31ClN4O2. The van der Waals surface area contributed by atoms with Gasteiger partial charge >= 0.3 is 0 Å². The summed E-state index contributed by atoms with van der Waals surface area (Å²) in [6, 6.07) is 16.9. The average molecular weight is 467 g/mol. The molecule has 6 nitrogen and oxygen atoms in total. The zero-order chi connectivity index (χ0) is 24.2. The Kier molecular flexibility index (Phi) is 7.59. The second-order valence-corrected chi connectivity index (χ2v) is 9.70. The number of hydrogen-bond acceptors (Lipinski definition) is 3. The van der Waals surface area contributed by atoms with Gasteiger partial charge in [-0.3, -0.25) is 14.3 Å². The molecule has 1 heterocycles. The zero-order valence-electron chi connectivity index (χ0n) is 19.8. The van der Waals surface area contributed by atoms with Crippen molar-refractivity contribution in [2.24, 2.45) is 5.41 Å². The number of likely N-dealkylation sites (N-methyl/N-ethyl adjacent to an activating group) is 1. The molecule has 1 aromatic heterocycles. The first-order valence-corrected chi connectivity index (χ1v) is 11.3. The minimum atomic E-state index is -0.625. The molecule has 3 rings (SSSR count). The van der Waals surface area contributed by atoms with Gasteiger partial charge in [-0.1, -0.05) is 80.9 Å². The largest absolute Gasteiger partial charge is 0.344 e. The first-order chi connectivity index (χ1) is 15.6. The monoisotopic (exact) mass is 466 g/mol. The summed E-state index contributed by atoms with van der Waals surface area (Å²) in [7, 11) is 1.74. The molecule has 3 aromatic rings. The summed E-state index contributed by atoms with van der Waals surface area (Å²) < 4.78 is 1.85. The summed E-state index contributed by atoms with van der Waals surface area (Å²) in [5.74, 6) is -0.320. The molecule has 0 bridgehead atoms. The Hall–Kier alpha value is -3.12. The highest BCUT2D eigenvalue weighted by atomic mass is 35.5. The molecule has 0 saturated carbocycles. The van der Waals surface area contributed by atoms with E-state index in [1.54, 1.807) is 18.9 Å². The Morgan fingerprint density at radius 2 is 1.70 bits per heavy atom. The molecule has 0 aliphatic rings. The summed E-state index contributed by atoms with van der Waals surface area (Å²) >= 11 is 6.34. The van der Waals surface area contributed by atoms with E-state index in [0.29, 0.717) is 18.1 Å². The minimum Gasteiger partial charge on any atom is -0.344 e. The lowest BCUT2D eigenvalue weighted by Crippen LogP contribution is -2.48. The van der Waals surface area contributed by atoms with Crippen LogP contribution in [-0.4, -0.2) is 39.6 Å². The van der Waals surface area contributed by atoms with Crippen LogP contribution in [0.25, 0.3) is 11.3 Å². The first kappa shape index (κ1) is 24.5. The normalized spacial score (nSPS) is 12.3. The minimum absolute atomic E-state index is 0.158. The van der Waals surface area contributed by atoms with Crippen LogP contribution < -0.4 is 5.32 Å². The van der Waals surface area contributed by atoms with Crippen molar-refractivity contribution in [3.05, 3.63) is 76.9 Å². The SMILES string of the molecule is CC(NC(=O)C(C)(C)C)C(=O)N(C)Cc1cn(Cc2ccccc2Cl)nc1-c1ccccc1. The second-order valence-electron chi connectivity index (χ2n) is 9.30. The van der Waals surface area contributed by atoms with E-state index in [9.17, 15) is 9.59 Å². The third kappa shape index (κ3) is 6.23. The van der Waals surface area contributed by atoms with Crippen LogP contribution in [-0.2, 0) is 22.7 Å². The molecule has 0 aliphatic carbocycles. The molecule has 0 fully saturated rings. The van der Waals surface area contributed by atoms with Crippen LogP contribution in [0.5, 0.6) is 0 Å². The van der Waals surface area contributed by atoms with Crippen molar-refractivity contribution in [3.8, 4) is 11.3 Å². The van der Waals surface area contributed by atoms with E-state index in [2.05, 4.69) is 5.32 Å². The number of carbonyl (C=O) groups is 2. The summed E-state index contributed by atoms with van der Waals surface area (Å²) in [4.78, 5) is 26.9. The van der Waals surface area contributed by atoms with Gasteiger partial charge in [0.25, 0.3) is 0 Å². The summed E-state index contributed by atoms with van der Waals surface area (Å²) in [6.45, 7) is 8.06. The number of amides is 2. The fourth-order valence-electron chi connectivity index (χ4n) is 3.44. The number of halogens is 1. The lowest BCUT2D eigenvalue weighted by atomic mass is 9.95. The highest BCUT2D eigenvalue weighted by Crippen LogP contribution is 2.25. The van der Waals surface area contributed by atoms with E-state index >= 15 is 0 Å². The molecule has 33 heavy (non-hydrogen) atoms. The fourth-order valence-corrected chi connectivity index (χ4v) is 3.63. The third-order valence-electron chi connectivity index (χ3n) is 5.36. The van der Waals surface area contributed by atoms with Gasteiger partial charge in [-0.25, -0.2) is 0 Å². The van der Waals surface area contributed by atoms with E-state index in [0.717, 1.165) is 22.4 Å². The van der Waals surface area contributed by atoms with Gasteiger partial charge in [0.15, 0.2) is 0 Å². The second kappa shape index (κ2) is 10.2. The van der Waals surface area contributed by atoms with Gasteiger partial charge in [0.1, 0.15) is 6.04 Å². The van der Waals surface area contributed by atoms with Crippen LogP contribution in [0.3, 0.4) is 0 Å². The van der Waals surface area contributed by atoms with Gasteiger partial charge in [-0.15, -0.1) is 0 Å². The molecule has 0 saturated heterocycles. The number of nitrogens with one attached hydrogen (secondary N) is 1. The standard InChI is InChI=1S/C26H31ClN4O2/c1-18(28-25(33)26(2,3)4)24(32)30(5)15-21-17-31(16-20-13-9-10-14-22(20)27)29-23(21)19-11-7-6-8-12-19/h6-14,17-18H,15-16H2,1-5H3,(H,28,33). The van der Waals surface area contributed by atoms with E-state index < -0.39 is 11.5 Å². The van der Waals surface area contributed by atoms with Crippen molar-refractivity contribution < 1.29 is 9.59 Å². The van der Waals surface area contributed by atoms with Gasteiger partial charge in [0.05, 0.1) is 12.2 Å². The van der Waals surface area contributed by atoms with Crippen LogP contribution in [0.1, 0.15) is 38.8 Å². The highest BCUT2D eigenvalue weighted by Gasteiger charge is 2.27. The summed E-state index contributed by atoms with van der Waals surface area (Å²) in [5.41, 5.74) is 3.11. The van der Waals surface area contributed by atoms with Crippen LogP contribution >= 0.6 is 11.6 Å². The molecule has 0 spiro atoms. The van der Waals surface area contributed by atoms with Gasteiger partial charge in [-0.05, 0) is 18.6 Å². The van der Waals surface area contributed by atoms with Gasteiger partial charge in [0.2, 0.25) is 11.8 Å². The molecular weight excluding hydrogens is 436 g/mol. The topological polar surface area (TPSA) is 67.2 Å². The van der Waals surface area contributed by atoms with Crippen LogP contribution in [0.4, 0.5) is 0 Å². The number of carbonyl (C=O) groups excluding carboxylic acids is 2. The fraction of sp³-hybridized carbons (Fsp3) is 0.346. The molecule has 174 valence electrons. The number of rotatable bonds is 7. The molecule has 2 aromatic carbocycles. The molecule has 1 N–H and O–H groups in total. The highest BCUT2D eigenvalue weighted by molar-refractivity contribution is 6.31. The van der Waals surface area contributed by atoms with Crippen LogP contribution in [0.2, 0.25) is 5.02 Å². The van der Waals surface area contributed by atoms with Crippen molar-refractivity contribution in [1.82, 2.24) is 20.0 Å². The maximum atomic E-state index is 13.0. The van der Waals surface area contributed by atoms with E-state index in [1.807, 2.05) is 86.2 Å². The number of nitrogens with zero attached hydrogens (tertiary/aromatic N) is 3. The predicted octanol–water partition coefficient (Wildman–Crippen LogP) is 4.76. The van der Waals surface area contributed by atoms with Crippen molar-refractivity contribution in [2.75, 3.05) is 7.05 Å². The van der Waals surface area contributed by atoms with Crippen molar-refractivity contribution >= 4 is 23.4 Å². The van der Waals surface area contributed by atoms with E-state index in [-0.39, 0.29) is 11.8 Å². The van der Waals surface area contributed by atoms with E-state index in [1.165, 1.54) is 0 Å². The maximum Gasteiger partial charge on any atom is 0.244 e. The molecule has 2 amide bonds. The number of aromatic nitrogens is 2. The number of hydrogen-bond donors (Lipinski definition) is 1. The summed E-state index contributed by atoms with van der Waals surface area (Å²) in [5, 5.41) is 8.30. The van der Waals surface area contributed by atoms with Crippen molar-refractivity contribution in [2.45, 2.75) is 46.8 Å². The molecule has 0 aliphatic heterocycles. The lowest BCUT2D eigenvalue weighted by molar-refractivity contribution is -0.137. The number of benzene rings is 2. The molecule has 0 radical (unpaired) electrons. The summed E-state index contributed by atoms with van der Waals surface area (Å²) in [6.07, 6.45) is 1.95. The lowest BCUT2D eigenvalue weighted by Gasteiger charge is -2.25. The Morgan fingerprint density at radius 1 is 1.06 bits per heavy atom.